The van der Waals surface area contributed by atoms with E-state index in [1.165, 1.54) is 0 Å². The maximum absolute atomic E-state index is 9.41. The molecular formula is C12H15N3O. The van der Waals surface area contributed by atoms with E-state index in [9.17, 15) is 5.11 Å². The van der Waals surface area contributed by atoms with Crippen LogP contribution in [0.15, 0.2) is 18.5 Å². The van der Waals surface area contributed by atoms with Crippen molar-refractivity contribution in [2.45, 2.75) is 25.4 Å². The van der Waals surface area contributed by atoms with Crippen LogP contribution in [0.3, 0.4) is 0 Å². The van der Waals surface area contributed by atoms with E-state index in [2.05, 4.69) is 16.4 Å². The molecular weight excluding hydrogens is 202 g/mol. The molecule has 2 atom stereocenters. The second kappa shape index (κ2) is 4.95. The number of pyridine rings is 1. The fourth-order valence-electron chi connectivity index (χ4n) is 2.12. The van der Waals surface area contributed by atoms with Gasteiger partial charge in [0.05, 0.1) is 23.6 Å². The van der Waals surface area contributed by atoms with Gasteiger partial charge in [-0.3, -0.25) is 4.98 Å². The molecule has 4 heteroatoms. The van der Waals surface area contributed by atoms with Crippen LogP contribution in [-0.4, -0.2) is 22.7 Å². The Kier molecular flexibility index (Phi) is 3.37. The van der Waals surface area contributed by atoms with Gasteiger partial charge in [0.1, 0.15) is 6.07 Å². The Labute approximate surface area is 94.9 Å². The lowest BCUT2D eigenvalue weighted by Gasteiger charge is -2.12. The molecule has 0 amide bonds. The fraction of sp³-hybridized carbons (Fsp3) is 0.500. The summed E-state index contributed by atoms with van der Waals surface area (Å²) in [6.45, 7) is 0.803. The highest BCUT2D eigenvalue weighted by Gasteiger charge is 2.22. The van der Waals surface area contributed by atoms with Gasteiger partial charge < -0.3 is 10.4 Å². The Balaban J connectivity index is 1.92. The number of hydrogen-bond donors (Lipinski definition) is 2. The predicted molar refractivity (Wildman–Crippen MR) is 60.8 cm³/mol. The molecule has 4 nitrogen and oxygen atoms in total. The molecule has 1 aliphatic rings. The van der Waals surface area contributed by atoms with Gasteiger partial charge in [0.15, 0.2) is 0 Å². The van der Waals surface area contributed by atoms with Gasteiger partial charge in [0.25, 0.3) is 0 Å². The van der Waals surface area contributed by atoms with E-state index in [0.29, 0.717) is 11.5 Å². The van der Waals surface area contributed by atoms with Gasteiger partial charge in [-0.25, -0.2) is 0 Å². The lowest BCUT2D eigenvalue weighted by atomic mass is 10.1. The van der Waals surface area contributed by atoms with E-state index in [-0.39, 0.29) is 6.10 Å². The number of aliphatic hydroxyl groups excluding tert-OH is 1. The van der Waals surface area contributed by atoms with Crippen molar-refractivity contribution in [3.8, 4) is 6.07 Å². The third-order valence-electron chi connectivity index (χ3n) is 3.04. The molecule has 0 saturated heterocycles. The largest absolute Gasteiger partial charge is 0.393 e. The zero-order chi connectivity index (χ0) is 11.4. The fourth-order valence-corrected chi connectivity index (χ4v) is 2.12. The summed E-state index contributed by atoms with van der Waals surface area (Å²) in [6.07, 6.45) is 5.94. The van der Waals surface area contributed by atoms with Crippen LogP contribution in [0.1, 0.15) is 24.8 Å². The van der Waals surface area contributed by atoms with E-state index in [1.807, 2.05) is 0 Å². The third kappa shape index (κ3) is 2.50. The minimum atomic E-state index is -0.142. The minimum Gasteiger partial charge on any atom is -0.393 e. The number of aliphatic hydroxyl groups is 1. The predicted octanol–water partition coefficient (Wildman–Crippen LogP) is 1.53. The molecule has 0 aromatic carbocycles. The number of rotatable bonds is 3. The van der Waals surface area contributed by atoms with Gasteiger partial charge in [0.2, 0.25) is 0 Å². The Morgan fingerprint density at radius 2 is 2.44 bits per heavy atom. The summed E-state index contributed by atoms with van der Waals surface area (Å²) in [7, 11) is 0. The van der Waals surface area contributed by atoms with Crippen molar-refractivity contribution in [3.63, 3.8) is 0 Å². The minimum absolute atomic E-state index is 0.142. The summed E-state index contributed by atoms with van der Waals surface area (Å²) < 4.78 is 0. The van der Waals surface area contributed by atoms with E-state index >= 15 is 0 Å². The van der Waals surface area contributed by atoms with Crippen LogP contribution < -0.4 is 5.32 Å². The van der Waals surface area contributed by atoms with E-state index < -0.39 is 0 Å². The molecule has 1 fully saturated rings. The van der Waals surface area contributed by atoms with Gasteiger partial charge in [-0.15, -0.1) is 0 Å². The summed E-state index contributed by atoms with van der Waals surface area (Å²) in [4.78, 5) is 3.99. The van der Waals surface area contributed by atoms with Crippen molar-refractivity contribution in [1.82, 2.24) is 4.98 Å². The zero-order valence-electron chi connectivity index (χ0n) is 9.06. The summed E-state index contributed by atoms with van der Waals surface area (Å²) in [5.74, 6) is 0.502. The van der Waals surface area contributed by atoms with Crippen molar-refractivity contribution in [3.05, 3.63) is 24.0 Å². The van der Waals surface area contributed by atoms with Gasteiger partial charge in [0, 0.05) is 12.7 Å². The van der Waals surface area contributed by atoms with Crippen molar-refractivity contribution in [1.29, 1.82) is 5.26 Å². The highest BCUT2D eigenvalue weighted by Crippen LogP contribution is 2.25. The van der Waals surface area contributed by atoms with Crippen molar-refractivity contribution < 1.29 is 5.11 Å². The summed E-state index contributed by atoms with van der Waals surface area (Å²) >= 11 is 0. The number of anilines is 1. The van der Waals surface area contributed by atoms with Crippen LogP contribution in [0.25, 0.3) is 0 Å². The third-order valence-corrected chi connectivity index (χ3v) is 3.04. The lowest BCUT2D eigenvalue weighted by Crippen LogP contribution is -2.13. The summed E-state index contributed by atoms with van der Waals surface area (Å²) in [5.41, 5.74) is 1.40. The lowest BCUT2D eigenvalue weighted by molar-refractivity contribution is 0.178. The summed E-state index contributed by atoms with van der Waals surface area (Å²) in [6, 6.07) is 3.83. The van der Waals surface area contributed by atoms with Crippen LogP contribution >= 0.6 is 0 Å². The molecule has 2 N–H and O–H groups in total. The Bertz CT molecular complexity index is 399. The molecule has 0 aliphatic heterocycles. The molecule has 2 unspecified atom stereocenters. The SMILES string of the molecule is N#Cc1ccncc1NCC1CCC(O)C1. The Morgan fingerprint density at radius 1 is 1.56 bits per heavy atom. The van der Waals surface area contributed by atoms with Gasteiger partial charge in [-0.1, -0.05) is 0 Å². The molecule has 1 aliphatic carbocycles. The number of aromatic nitrogens is 1. The van der Waals surface area contributed by atoms with E-state index in [1.54, 1.807) is 18.5 Å². The van der Waals surface area contributed by atoms with Crippen LogP contribution in [0.4, 0.5) is 5.69 Å². The van der Waals surface area contributed by atoms with Gasteiger partial charge >= 0.3 is 0 Å². The van der Waals surface area contributed by atoms with E-state index in [0.717, 1.165) is 31.5 Å². The molecule has 0 spiro atoms. The Morgan fingerprint density at radius 3 is 3.12 bits per heavy atom. The smallest absolute Gasteiger partial charge is 0.101 e. The van der Waals surface area contributed by atoms with Crippen LogP contribution in [0, 0.1) is 17.2 Å². The topological polar surface area (TPSA) is 68.9 Å². The molecule has 1 aromatic rings. The molecule has 0 radical (unpaired) electrons. The molecule has 0 bridgehead atoms. The van der Waals surface area contributed by atoms with Crippen molar-refractivity contribution in [2.75, 3.05) is 11.9 Å². The average molecular weight is 217 g/mol. The van der Waals surface area contributed by atoms with E-state index in [4.69, 9.17) is 5.26 Å². The molecule has 1 aromatic heterocycles. The zero-order valence-corrected chi connectivity index (χ0v) is 9.06. The first-order valence-corrected chi connectivity index (χ1v) is 5.55. The van der Waals surface area contributed by atoms with Gasteiger partial charge in [-0.2, -0.15) is 5.26 Å². The number of nitriles is 1. The first-order chi connectivity index (χ1) is 7.79. The second-order valence-corrected chi connectivity index (χ2v) is 4.25. The van der Waals surface area contributed by atoms with Crippen molar-refractivity contribution in [2.24, 2.45) is 5.92 Å². The average Bonchev–Trinajstić information content (AvgIpc) is 2.73. The second-order valence-electron chi connectivity index (χ2n) is 4.25. The number of nitrogens with one attached hydrogen (secondary N) is 1. The van der Waals surface area contributed by atoms with Crippen LogP contribution in [0.5, 0.6) is 0 Å². The number of hydrogen-bond acceptors (Lipinski definition) is 4. The molecule has 1 saturated carbocycles. The quantitative estimate of drug-likeness (QED) is 0.805. The maximum atomic E-state index is 9.41. The first-order valence-electron chi connectivity index (χ1n) is 5.55. The molecule has 2 rings (SSSR count). The normalized spacial score (nSPS) is 24.0. The van der Waals surface area contributed by atoms with Crippen molar-refractivity contribution >= 4 is 5.69 Å². The standard InChI is InChI=1S/C12H15N3O/c13-6-10-3-4-14-8-12(10)15-7-9-1-2-11(16)5-9/h3-4,8-9,11,15-16H,1-2,5,7H2. The van der Waals surface area contributed by atoms with Crippen LogP contribution in [-0.2, 0) is 0 Å². The van der Waals surface area contributed by atoms with Gasteiger partial charge in [-0.05, 0) is 31.2 Å². The molecule has 1 heterocycles. The van der Waals surface area contributed by atoms with Crippen LogP contribution in [0.2, 0.25) is 0 Å². The monoisotopic (exact) mass is 217 g/mol. The number of nitrogens with zero attached hydrogens (tertiary/aromatic N) is 2. The molecule has 84 valence electrons. The maximum Gasteiger partial charge on any atom is 0.101 e. The summed E-state index contributed by atoms with van der Waals surface area (Å²) in [5, 5.41) is 21.5. The highest BCUT2D eigenvalue weighted by atomic mass is 16.3. The molecule has 16 heavy (non-hydrogen) atoms. The Hall–Kier alpha value is -1.60. The highest BCUT2D eigenvalue weighted by molar-refractivity contribution is 5.55. The first kappa shape index (κ1) is 10.9.